The van der Waals surface area contributed by atoms with Crippen LogP contribution in [0.5, 0.6) is 0 Å². The largest absolute Gasteiger partial charge is 0.330 e. The lowest BCUT2D eigenvalue weighted by atomic mass is 9.87. The molecule has 0 spiro atoms. The lowest BCUT2D eigenvalue weighted by Crippen LogP contribution is -2.42. The molecule has 1 aliphatic rings. The molecule has 0 amide bonds. The number of rotatable bonds is 7. The molecule has 0 bridgehead atoms. The molecule has 1 aliphatic heterocycles. The third-order valence-electron chi connectivity index (χ3n) is 4.48. The minimum absolute atomic E-state index is 0.326. The van der Waals surface area contributed by atoms with Gasteiger partial charge in [-0.05, 0) is 71.4 Å². The van der Waals surface area contributed by atoms with Gasteiger partial charge in [0.1, 0.15) is 0 Å². The number of hydrogen-bond acceptors (Lipinski definition) is 3. The molecule has 1 rings (SSSR count). The van der Waals surface area contributed by atoms with Gasteiger partial charge in [0.05, 0.1) is 0 Å². The molecule has 18 heavy (non-hydrogen) atoms. The van der Waals surface area contributed by atoms with E-state index in [4.69, 9.17) is 5.73 Å². The summed E-state index contributed by atoms with van der Waals surface area (Å²) in [5.74, 6) is 0. The second kappa shape index (κ2) is 7.46. The monoisotopic (exact) mass is 255 g/mol. The van der Waals surface area contributed by atoms with Crippen molar-refractivity contribution in [2.75, 3.05) is 40.3 Å². The predicted octanol–water partition coefficient (Wildman–Crippen LogP) is 2.17. The van der Waals surface area contributed by atoms with Gasteiger partial charge in [0.2, 0.25) is 0 Å². The van der Waals surface area contributed by atoms with E-state index in [1.807, 2.05) is 0 Å². The Hall–Kier alpha value is -0.120. The Balaban J connectivity index is 2.12. The molecule has 1 saturated heterocycles. The van der Waals surface area contributed by atoms with E-state index < -0.39 is 0 Å². The zero-order valence-electron chi connectivity index (χ0n) is 12.9. The predicted molar refractivity (Wildman–Crippen MR) is 79.8 cm³/mol. The maximum absolute atomic E-state index is 5.76. The fourth-order valence-corrected chi connectivity index (χ4v) is 2.69. The van der Waals surface area contributed by atoms with Crippen LogP contribution in [-0.2, 0) is 0 Å². The summed E-state index contributed by atoms with van der Waals surface area (Å²) in [7, 11) is 4.52. The minimum atomic E-state index is 0.326. The molecule has 3 nitrogen and oxygen atoms in total. The highest BCUT2D eigenvalue weighted by molar-refractivity contribution is 4.77. The first-order valence-electron chi connectivity index (χ1n) is 7.53. The van der Waals surface area contributed by atoms with Gasteiger partial charge in [-0.1, -0.05) is 20.3 Å². The molecule has 0 radical (unpaired) electrons. The Bertz CT molecular complexity index is 220. The van der Waals surface area contributed by atoms with Crippen LogP contribution in [0.2, 0.25) is 0 Å². The van der Waals surface area contributed by atoms with Crippen molar-refractivity contribution >= 4 is 0 Å². The van der Waals surface area contributed by atoms with Crippen molar-refractivity contribution in [3.05, 3.63) is 0 Å². The third kappa shape index (κ3) is 5.68. The first-order chi connectivity index (χ1) is 8.44. The average molecular weight is 255 g/mol. The number of nitrogens with zero attached hydrogens (tertiary/aromatic N) is 2. The summed E-state index contributed by atoms with van der Waals surface area (Å²) in [6.45, 7) is 9.11. The first kappa shape index (κ1) is 15.9. The number of nitrogens with two attached hydrogens (primary N) is 1. The van der Waals surface area contributed by atoms with Gasteiger partial charge in [0.15, 0.2) is 0 Å². The van der Waals surface area contributed by atoms with Crippen molar-refractivity contribution in [3.63, 3.8) is 0 Å². The van der Waals surface area contributed by atoms with Crippen molar-refractivity contribution in [1.29, 1.82) is 0 Å². The molecule has 108 valence electrons. The van der Waals surface area contributed by atoms with E-state index >= 15 is 0 Å². The molecule has 2 N–H and O–H groups in total. The zero-order chi connectivity index (χ0) is 13.6. The summed E-state index contributed by atoms with van der Waals surface area (Å²) in [5.41, 5.74) is 6.09. The standard InChI is InChI=1S/C15H33N3/c1-15(2,13-16)9-5-6-10-18(4)14-7-11-17(3)12-8-14/h14H,5-13,16H2,1-4H3. The van der Waals surface area contributed by atoms with E-state index in [1.54, 1.807) is 0 Å². The zero-order valence-corrected chi connectivity index (χ0v) is 12.9. The van der Waals surface area contributed by atoms with E-state index in [0.29, 0.717) is 5.41 Å². The molecule has 0 saturated carbocycles. The number of likely N-dealkylation sites (tertiary alicyclic amines) is 1. The van der Waals surface area contributed by atoms with E-state index in [9.17, 15) is 0 Å². The molecular weight excluding hydrogens is 222 g/mol. The molecule has 0 aromatic carbocycles. The number of unbranched alkanes of at least 4 members (excludes halogenated alkanes) is 1. The lowest BCUT2D eigenvalue weighted by molar-refractivity contribution is 0.141. The molecule has 0 aromatic rings. The Labute approximate surface area is 114 Å². The normalized spacial score (nSPS) is 19.7. The van der Waals surface area contributed by atoms with Crippen molar-refractivity contribution < 1.29 is 0 Å². The van der Waals surface area contributed by atoms with Gasteiger partial charge in [-0.15, -0.1) is 0 Å². The van der Waals surface area contributed by atoms with Crippen LogP contribution < -0.4 is 5.73 Å². The van der Waals surface area contributed by atoms with Gasteiger partial charge >= 0.3 is 0 Å². The summed E-state index contributed by atoms with van der Waals surface area (Å²) >= 11 is 0. The molecule has 0 aromatic heterocycles. The van der Waals surface area contributed by atoms with Crippen LogP contribution in [0, 0.1) is 5.41 Å². The molecule has 0 aliphatic carbocycles. The third-order valence-corrected chi connectivity index (χ3v) is 4.48. The Morgan fingerprint density at radius 3 is 2.39 bits per heavy atom. The van der Waals surface area contributed by atoms with Gasteiger partial charge < -0.3 is 15.5 Å². The number of hydrogen-bond donors (Lipinski definition) is 1. The minimum Gasteiger partial charge on any atom is -0.330 e. The number of piperidine rings is 1. The SMILES string of the molecule is CN1CCC(N(C)CCCCC(C)(C)CN)CC1. The summed E-state index contributed by atoms with van der Waals surface area (Å²) in [5, 5.41) is 0. The van der Waals surface area contributed by atoms with E-state index in [0.717, 1.165) is 12.6 Å². The van der Waals surface area contributed by atoms with Crippen molar-refractivity contribution in [3.8, 4) is 0 Å². The Kier molecular flexibility index (Phi) is 6.61. The summed E-state index contributed by atoms with van der Waals surface area (Å²) < 4.78 is 0. The molecule has 1 heterocycles. The van der Waals surface area contributed by atoms with Crippen LogP contribution in [0.1, 0.15) is 46.0 Å². The molecular formula is C15H33N3. The smallest absolute Gasteiger partial charge is 0.0117 e. The molecule has 1 fully saturated rings. The van der Waals surface area contributed by atoms with Crippen LogP contribution >= 0.6 is 0 Å². The highest BCUT2D eigenvalue weighted by atomic mass is 15.2. The summed E-state index contributed by atoms with van der Waals surface area (Å²) in [6.07, 6.45) is 6.54. The molecule has 0 atom stereocenters. The molecule has 0 unspecified atom stereocenters. The average Bonchev–Trinajstić information content (AvgIpc) is 2.35. The van der Waals surface area contributed by atoms with Crippen molar-refractivity contribution in [2.24, 2.45) is 11.1 Å². The highest BCUT2D eigenvalue weighted by Gasteiger charge is 2.20. The fourth-order valence-electron chi connectivity index (χ4n) is 2.69. The van der Waals surface area contributed by atoms with Crippen molar-refractivity contribution in [1.82, 2.24) is 9.80 Å². The maximum Gasteiger partial charge on any atom is 0.0117 e. The van der Waals surface area contributed by atoms with Crippen LogP contribution in [-0.4, -0.2) is 56.1 Å². The Morgan fingerprint density at radius 2 is 1.83 bits per heavy atom. The van der Waals surface area contributed by atoms with Crippen LogP contribution in [0.3, 0.4) is 0 Å². The Morgan fingerprint density at radius 1 is 1.22 bits per heavy atom. The van der Waals surface area contributed by atoms with Crippen LogP contribution in [0.15, 0.2) is 0 Å². The molecule has 3 heteroatoms. The van der Waals surface area contributed by atoms with Gasteiger partial charge in [0.25, 0.3) is 0 Å². The van der Waals surface area contributed by atoms with Crippen molar-refractivity contribution in [2.45, 2.75) is 52.0 Å². The van der Waals surface area contributed by atoms with Crippen LogP contribution in [0.25, 0.3) is 0 Å². The lowest BCUT2D eigenvalue weighted by Gasteiger charge is -2.35. The summed E-state index contributed by atoms with van der Waals surface area (Å²) in [6, 6.07) is 0.809. The first-order valence-corrected chi connectivity index (χ1v) is 7.53. The second-order valence-corrected chi connectivity index (χ2v) is 6.84. The fraction of sp³-hybridized carbons (Fsp3) is 1.00. The van der Waals surface area contributed by atoms with Gasteiger partial charge in [0, 0.05) is 6.04 Å². The quantitative estimate of drug-likeness (QED) is 0.708. The van der Waals surface area contributed by atoms with Gasteiger partial charge in [-0.25, -0.2) is 0 Å². The van der Waals surface area contributed by atoms with Gasteiger partial charge in [-0.2, -0.15) is 0 Å². The second-order valence-electron chi connectivity index (χ2n) is 6.84. The highest BCUT2D eigenvalue weighted by Crippen LogP contribution is 2.22. The van der Waals surface area contributed by atoms with E-state index in [2.05, 4.69) is 37.7 Å². The maximum atomic E-state index is 5.76. The van der Waals surface area contributed by atoms with Crippen LogP contribution in [0.4, 0.5) is 0 Å². The van der Waals surface area contributed by atoms with E-state index in [-0.39, 0.29) is 0 Å². The summed E-state index contributed by atoms with van der Waals surface area (Å²) in [4.78, 5) is 5.01. The van der Waals surface area contributed by atoms with E-state index in [1.165, 1.54) is 51.7 Å². The topological polar surface area (TPSA) is 32.5 Å². The van der Waals surface area contributed by atoms with Gasteiger partial charge in [-0.3, -0.25) is 0 Å².